The summed E-state index contributed by atoms with van der Waals surface area (Å²) in [6.45, 7) is 5.42. The van der Waals surface area contributed by atoms with Crippen molar-refractivity contribution in [3.05, 3.63) is 64.5 Å². The first kappa shape index (κ1) is 31.7. The van der Waals surface area contributed by atoms with Gasteiger partial charge in [-0.15, -0.1) is 0 Å². The summed E-state index contributed by atoms with van der Waals surface area (Å²) >= 11 is 0. The Morgan fingerprint density at radius 2 is 1.84 bits per heavy atom. The molecule has 0 aromatic heterocycles. The molecule has 45 heavy (non-hydrogen) atoms. The highest BCUT2D eigenvalue weighted by Crippen LogP contribution is 2.49. The van der Waals surface area contributed by atoms with E-state index in [9.17, 15) is 37.4 Å². The quantitative estimate of drug-likeness (QED) is 0.411. The zero-order valence-corrected chi connectivity index (χ0v) is 25.2. The van der Waals surface area contributed by atoms with E-state index in [1.165, 1.54) is 23.1 Å². The molecule has 6 rings (SSSR count). The number of nitrogens with zero attached hydrogens (tertiary/aromatic N) is 3. The van der Waals surface area contributed by atoms with Crippen LogP contribution in [0.15, 0.2) is 36.4 Å². The summed E-state index contributed by atoms with van der Waals surface area (Å²) < 4.78 is 60.6. The summed E-state index contributed by atoms with van der Waals surface area (Å²) in [7, 11) is 0. The first-order chi connectivity index (χ1) is 21.4. The molecule has 12 heteroatoms. The first-order valence-corrected chi connectivity index (χ1v) is 15.7. The van der Waals surface area contributed by atoms with Gasteiger partial charge in [0.15, 0.2) is 0 Å². The van der Waals surface area contributed by atoms with Crippen molar-refractivity contribution in [2.45, 2.75) is 69.5 Å². The number of benzene rings is 2. The standard InChI is InChI=1S/C33H39F4N3O5/c1-2-24-17-38(11-12-40(24)25-6-8-28(34)27(14-25)30(42)43)15-20-9-10-32(45-19-20,22-3-4-22)31(44)39-16-21-13-23(33(35,36)37)5-7-26(21)29(41)18-39/h5-8,13-14,20,22,24,29,41H,2-4,9-12,15-19H2,1H3,(H,42,43)/t20?,24?,29?,32-/m0/s1. The second-order valence-corrected chi connectivity index (χ2v) is 13.0. The minimum atomic E-state index is -4.52. The third-order valence-electron chi connectivity index (χ3n) is 10.0. The topological polar surface area (TPSA) is 93.6 Å². The Bertz CT molecular complexity index is 1440. The normalized spacial score (nSPS) is 27.7. The number of ether oxygens (including phenoxy) is 1. The molecule has 4 atom stereocenters. The predicted molar refractivity (Wildman–Crippen MR) is 157 cm³/mol. The van der Waals surface area contributed by atoms with Gasteiger partial charge < -0.3 is 24.7 Å². The Balaban J connectivity index is 1.09. The molecule has 0 bridgehead atoms. The number of aliphatic hydroxyl groups is 1. The van der Waals surface area contributed by atoms with Gasteiger partial charge in [0, 0.05) is 44.5 Å². The minimum absolute atomic E-state index is 0.00109. The van der Waals surface area contributed by atoms with E-state index >= 15 is 0 Å². The predicted octanol–water partition coefficient (Wildman–Crippen LogP) is 5.09. The molecule has 2 N–H and O–H groups in total. The molecule has 1 aliphatic carbocycles. The van der Waals surface area contributed by atoms with Gasteiger partial charge in [-0.25, -0.2) is 9.18 Å². The number of carboxylic acids is 1. The van der Waals surface area contributed by atoms with Crippen LogP contribution in [-0.4, -0.2) is 82.9 Å². The number of amides is 1. The molecule has 244 valence electrons. The molecule has 1 saturated carbocycles. The molecular weight excluding hydrogens is 594 g/mol. The lowest BCUT2D eigenvalue weighted by molar-refractivity contribution is -0.177. The second-order valence-electron chi connectivity index (χ2n) is 13.0. The van der Waals surface area contributed by atoms with E-state index in [2.05, 4.69) is 16.7 Å². The number of aromatic carboxylic acids is 1. The summed E-state index contributed by atoms with van der Waals surface area (Å²) in [6.07, 6.45) is -1.76. The van der Waals surface area contributed by atoms with Crippen LogP contribution in [0.3, 0.4) is 0 Å². The fourth-order valence-electron chi connectivity index (χ4n) is 7.44. The van der Waals surface area contributed by atoms with Crippen LogP contribution in [0, 0.1) is 17.7 Å². The molecule has 4 aliphatic rings. The fraction of sp³-hybridized carbons (Fsp3) is 0.576. The number of carbonyl (C=O) groups is 2. The zero-order valence-electron chi connectivity index (χ0n) is 25.2. The van der Waals surface area contributed by atoms with Gasteiger partial charge in [-0.1, -0.05) is 13.0 Å². The van der Waals surface area contributed by atoms with Gasteiger partial charge >= 0.3 is 12.1 Å². The number of halogens is 4. The second kappa shape index (κ2) is 12.2. The van der Waals surface area contributed by atoms with Gasteiger partial charge in [0.05, 0.1) is 30.4 Å². The number of hydrogen-bond donors (Lipinski definition) is 2. The van der Waals surface area contributed by atoms with E-state index in [0.717, 1.165) is 57.5 Å². The van der Waals surface area contributed by atoms with Crippen LogP contribution in [-0.2, 0) is 22.3 Å². The van der Waals surface area contributed by atoms with Gasteiger partial charge in [-0.05, 0) is 85.4 Å². The van der Waals surface area contributed by atoms with Crippen LogP contribution in [0.5, 0.6) is 0 Å². The van der Waals surface area contributed by atoms with E-state index in [1.54, 1.807) is 6.07 Å². The van der Waals surface area contributed by atoms with Gasteiger partial charge in [-0.2, -0.15) is 13.2 Å². The summed E-state index contributed by atoms with van der Waals surface area (Å²) in [5, 5.41) is 20.1. The SMILES string of the molecule is CCC1CN(CC2CC[C@@](C(=O)N3Cc4cc(C(F)(F)F)ccc4C(O)C3)(C3CC3)OC2)CCN1c1ccc(F)c(C(=O)O)c1. The van der Waals surface area contributed by atoms with Crippen molar-refractivity contribution < 1.29 is 42.1 Å². The molecule has 3 heterocycles. The fourth-order valence-corrected chi connectivity index (χ4v) is 7.44. The van der Waals surface area contributed by atoms with Crippen LogP contribution in [0.1, 0.15) is 72.2 Å². The number of hydrogen-bond acceptors (Lipinski definition) is 6. The molecule has 1 amide bonds. The minimum Gasteiger partial charge on any atom is -0.478 e. The maximum atomic E-state index is 14.0. The monoisotopic (exact) mass is 633 g/mol. The molecule has 0 radical (unpaired) electrons. The third kappa shape index (κ3) is 6.29. The lowest BCUT2D eigenvalue weighted by Crippen LogP contribution is -2.58. The summed E-state index contributed by atoms with van der Waals surface area (Å²) in [6, 6.07) is 7.65. The first-order valence-electron chi connectivity index (χ1n) is 15.7. The Morgan fingerprint density at radius 3 is 2.49 bits per heavy atom. The number of anilines is 1. The molecule has 3 fully saturated rings. The number of carboxylic acid groups (broad SMARTS) is 1. The number of carbonyl (C=O) groups excluding carboxylic acids is 1. The van der Waals surface area contributed by atoms with Crippen molar-refractivity contribution in [2.75, 3.05) is 44.2 Å². The Labute approximate surface area is 259 Å². The maximum Gasteiger partial charge on any atom is 0.416 e. The Morgan fingerprint density at radius 1 is 1.07 bits per heavy atom. The van der Waals surface area contributed by atoms with Crippen LogP contribution in [0.4, 0.5) is 23.2 Å². The average Bonchev–Trinajstić information content (AvgIpc) is 3.87. The van der Waals surface area contributed by atoms with Crippen molar-refractivity contribution >= 4 is 17.6 Å². The summed E-state index contributed by atoms with van der Waals surface area (Å²) in [5.74, 6) is -2.04. The van der Waals surface area contributed by atoms with E-state index < -0.39 is 35.2 Å². The van der Waals surface area contributed by atoms with Crippen molar-refractivity contribution in [1.29, 1.82) is 0 Å². The third-order valence-corrected chi connectivity index (χ3v) is 10.0. The Kier molecular flexibility index (Phi) is 8.60. The number of aliphatic hydroxyl groups excluding tert-OH is 1. The smallest absolute Gasteiger partial charge is 0.416 e. The summed E-state index contributed by atoms with van der Waals surface area (Å²) in [4.78, 5) is 31.5. The van der Waals surface area contributed by atoms with Crippen LogP contribution in [0.25, 0.3) is 0 Å². The summed E-state index contributed by atoms with van der Waals surface area (Å²) in [5.41, 5.74) is -0.748. The molecule has 3 unspecified atom stereocenters. The number of piperazine rings is 1. The van der Waals surface area contributed by atoms with Crippen LogP contribution < -0.4 is 4.90 Å². The number of β-amino-alcohol motifs (C(OH)–C–C–N with tert-alkyl or cyclic N) is 1. The lowest BCUT2D eigenvalue weighted by atomic mass is 9.82. The van der Waals surface area contributed by atoms with Gasteiger partial charge in [-0.3, -0.25) is 9.69 Å². The average molecular weight is 634 g/mol. The highest BCUT2D eigenvalue weighted by molar-refractivity contribution is 5.89. The van der Waals surface area contributed by atoms with E-state index in [-0.39, 0.29) is 42.4 Å². The lowest BCUT2D eigenvalue weighted by Gasteiger charge is -2.46. The molecule has 2 aromatic rings. The molecule has 8 nitrogen and oxygen atoms in total. The van der Waals surface area contributed by atoms with E-state index in [4.69, 9.17) is 4.74 Å². The zero-order chi connectivity index (χ0) is 32.1. The van der Waals surface area contributed by atoms with Gasteiger partial charge in [0.1, 0.15) is 11.4 Å². The van der Waals surface area contributed by atoms with Gasteiger partial charge in [0.25, 0.3) is 5.91 Å². The number of rotatable bonds is 7. The van der Waals surface area contributed by atoms with E-state index in [0.29, 0.717) is 36.4 Å². The highest BCUT2D eigenvalue weighted by Gasteiger charge is 2.55. The maximum absolute atomic E-state index is 14.0. The molecule has 3 aliphatic heterocycles. The highest BCUT2D eigenvalue weighted by atomic mass is 19.4. The van der Waals surface area contributed by atoms with Crippen LogP contribution >= 0.6 is 0 Å². The molecule has 2 saturated heterocycles. The number of fused-ring (bicyclic) bond motifs is 1. The molecular formula is C33H39F4N3O5. The van der Waals surface area contributed by atoms with E-state index in [1.807, 2.05) is 0 Å². The Hall–Kier alpha value is -3.22. The van der Waals surface area contributed by atoms with Crippen molar-refractivity contribution in [1.82, 2.24) is 9.80 Å². The van der Waals surface area contributed by atoms with Gasteiger partial charge in [0.2, 0.25) is 0 Å². The largest absolute Gasteiger partial charge is 0.478 e. The van der Waals surface area contributed by atoms with Crippen molar-refractivity contribution in [3.63, 3.8) is 0 Å². The molecule has 2 aromatic carbocycles. The number of alkyl halides is 3. The van der Waals surface area contributed by atoms with Crippen molar-refractivity contribution in [3.8, 4) is 0 Å². The molecule has 0 spiro atoms. The van der Waals surface area contributed by atoms with Crippen LogP contribution in [0.2, 0.25) is 0 Å². The van der Waals surface area contributed by atoms with Crippen molar-refractivity contribution in [2.24, 2.45) is 11.8 Å².